The van der Waals surface area contributed by atoms with Crippen LogP contribution in [0.3, 0.4) is 0 Å². The fourth-order valence-electron chi connectivity index (χ4n) is 3.19. The number of fused-ring (bicyclic) bond motifs is 1. The zero-order valence-electron chi connectivity index (χ0n) is 16.3. The number of aromatic nitrogens is 2. The molecule has 1 aromatic heterocycles. The lowest BCUT2D eigenvalue weighted by Crippen LogP contribution is -2.28. The van der Waals surface area contributed by atoms with Crippen molar-refractivity contribution in [1.29, 1.82) is 0 Å². The predicted octanol–water partition coefficient (Wildman–Crippen LogP) is 5.52. The van der Waals surface area contributed by atoms with Crippen LogP contribution in [0.25, 0.3) is 22.4 Å². The Bertz CT molecular complexity index is 1170. The second-order valence-electron chi connectivity index (χ2n) is 7.42. The number of benzene rings is 3. The summed E-state index contributed by atoms with van der Waals surface area (Å²) in [5, 5.41) is 2.80. The number of ether oxygens (including phenoxy) is 2. The molecule has 0 spiro atoms. The third-order valence-electron chi connectivity index (χ3n) is 5.00. The molecule has 0 saturated heterocycles. The Hall–Kier alpha value is -3.80. The molecule has 0 radical (unpaired) electrons. The van der Waals surface area contributed by atoms with Gasteiger partial charge < -0.3 is 19.8 Å². The van der Waals surface area contributed by atoms with E-state index in [1.54, 1.807) is 12.1 Å². The van der Waals surface area contributed by atoms with Crippen LogP contribution in [0.2, 0.25) is 0 Å². The summed E-state index contributed by atoms with van der Waals surface area (Å²) in [5.41, 5.74) is 2.55. The number of hydrogen-bond donors (Lipinski definition) is 2. The molecule has 1 aliphatic carbocycles. The average molecular weight is 399 g/mol. The van der Waals surface area contributed by atoms with Gasteiger partial charge >= 0.3 is 6.09 Å². The van der Waals surface area contributed by atoms with Gasteiger partial charge in [-0.3, -0.25) is 0 Å². The second-order valence-corrected chi connectivity index (χ2v) is 7.42. The monoisotopic (exact) mass is 399 g/mol. The van der Waals surface area contributed by atoms with E-state index in [-0.39, 0.29) is 0 Å². The lowest BCUT2D eigenvalue weighted by atomic mass is 10.2. The Morgan fingerprint density at radius 3 is 2.47 bits per heavy atom. The fourth-order valence-corrected chi connectivity index (χ4v) is 3.19. The number of nitrogens with one attached hydrogen (secondary N) is 2. The van der Waals surface area contributed by atoms with Gasteiger partial charge in [-0.1, -0.05) is 18.2 Å². The number of para-hydroxylation sites is 1. The third kappa shape index (κ3) is 4.27. The molecule has 6 heteroatoms. The Morgan fingerprint density at radius 2 is 1.70 bits per heavy atom. The van der Waals surface area contributed by atoms with E-state index in [0.717, 1.165) is 33.9 Å². The van der Waals surface area contributed by atoms with Crippen LogP contribution in [0, 0.1) is 5.92 Å². The number of amides is 1. The number of nitrogens with zero attached hydrogens (tertiary/aromatic N) is 1. The summed E-state index contributed by atoms with van der Waals surface area (Å²) < 4.78 is 11.2. The zero-order chi connectivity index (χ0) is 20.3. The van der Waals surface area contributed by atoms with Gasteiger partial charge in [0, 0.05) is 18.2 Å². The molecule has 4 aromatic rings. The Morgan fingerprint density at radius 1 is 0.967 bits per heavy atom. The molecule has 150 valence electrons. The molecular formula is C24H21N3O3. The van der Waals surface area contributed by atoms with E-state index in [0.29, 0.717) is 18.2 Å². The van der Waals surface area contributed by atoms with Crippen molar-refractivity contribution in [3.63, 3.8) is 0 Å². The van der Waals surface area contributed by atoms with Crippen LogP contribution < -0.4 is 14.8 Å². The van der Waals surface area contributed by atoms with Crippen LogP contribution in [0.15, 0.2) is 72.8 Å². The highest BCUT2D eigenvalue weighted by Gasteiger charge is 2.22. The van der Waals surface area contributed by atoms with Gasteiger partial charge in [0.2, 0.25) is 0 Å². The van der Waals surface area contributed by atoms with E-state index in [1.165, 1.54) is 12.8 Å². The number of aromatic amines is 1. The largest absolute Gasteiger partial charge is 0.457 e. The van der Waals surface area contributed by atoms with Crippen LogP contribution in [-0.2, 0) is 0 Å². The van der Waals surface area contributed by atoms with Crippen LogP contribution in [0.5, 0.6) is 17.2 Å². The van der Waals surface area contributed by atoms with Crippen LogP contribution in [-0.4, -0.2) is 22.6 Å². The zero-order valence-corrected chi connectivity index (χ0v) is 16.3. The van der Waals surface area contributed by atoms with E-state index in [4.69, 9.17) is 9.47 Å². The smallest absolute Gasteiger partial charge is 0.412 e. The summed E-state index contributed by atoms with van der Waals surface area (Å²) >= 11 is 0. The van der Waals surface area contributed by atoms with Gasteiger partial charge in [-0.15, -0.1) is 0 Å². The lowest BCUT2D eigenvalue weighted by Gasteiger charge is -2.05. The van der Waals surface area contributed by atoms with Crippen LogP contribution in [0.4, 0.5) is 4.79 Å². The van der Waals surface area contributed by atoms with Crippen LogP contribution >= 0.6 is 0 Å². The number of imidazole rings is 1. The lowest BCUT2D eigenvalue weighted by molar-refractivity contribution is 0.200. The van der Waals surface area contributed by atoms with Gasteiger partial charge in [0.1, 0.15) is 23.1 Å². The first kappa shape index (κ1) is 18.2. The molecule has 1 fully saturated rings. The molecule has 3 aromatic carbocycles. The number of H-pyrrole nitrogens is 1. The van der Waals surface area contributed by atoms with Gasteiger partial charge in [-0.25, -0.2) is 9.78 Å². The van der Waals surface area contributed by atoms with E-state index in [2.05, 4.69) is 15.3 Å². The first-order valence-corrected chi connectivity index (χ1v) is 10.0. The molecule has 5 rings (SSSR count). The van der Waals surface area contributed by atoms with E-state index < -0.39 is 6.09 Å². The van der Waals surface area contributed by atoms with Gasteiger partial charge in [-0.2, -0.15) is 0 Å². The van der Waals surface area contributed by atoms with Crippen molar-refractivity contribution in [1.82, 2.24) is 15.3 Å². The van der Waals surface area contributed by atoms with E-state index in [9.17, 15) is 4.79 Å². The number of rotatable bonds is 6. The topological polar surface area (TPSA) is 76.2 Å². The maximum atomic E-state index is 11.9. The molecule has 1 aliphatic rings. The summed E-state index contributed by atoms with van der Waals surface area (Å²) in [5.74, 6) is 3.39. The SMILES string of the molecule is O=C(NCC1CC1)Oc1ccc2nc(-c3ccc(Oc4ccccc4)cc3)[nH]c2c1. The molecular weight excluding hydrogens is 378 g/mol. The predicted molar refractivity (Wildman–Crippen MR) is 115 cm³/mol. The standard InChI is InChI=1S/C24H21N3O3/c28-24(25-15-16-6-7-16)30-20-12-13-21-22(14-20)27-23(26-21)17-8-10-19(11-9-17)29-18-4-2-1-3-5-18/h1-5,8-14,16H,6-7,15H2,(H,25,28)(H,26,27). The summed E-state index contributed by atoms with van der Waals surface area (Å²) in [6, 6.07) is 22.8. The number of carbonyl (C=O) groups is 1. The van der Waals surface area contributed by atoms with Crippen molar-refractivity contribution < 1.29 is 14.3 Å². The van der Waals surface area contributed by atoms with Crippen molar-refractivity contribution in [3.05, 3.63) is 72.8 Å². The minimum Gasteiger partial charge on any atom is -0.457 e. The van der Waals surface area contributed by atoms with E-state index in [1.807, 2.05) is 60.7 Å². The summed E-state index contributed by atoms with van der Waals surface area (Å²) in [6.45, 7) is 0.680. The van der Waals surface area contributed by atoms with Gasteiger partial charge in [-0.05, 0) is 67.3 Å². The quantitative estimate of drug-likeness (QED) is 0.448. The molecule has 0 aliphatic heterocycles. The van der Waals surface area contributed by atoms with Gasteiger partial charge in [0.05, 0.1) is 11.0 Å². The minimum absolute atomic E-state index is 0.421. The maximum absolute atomic E-state index is 11.9. The molecule has 1 amide bonds. The van der Waals surface area contributed by atoms with E-state index >= 15 is 0 Å². The Labute approximate surface area is 173 Å². The fraction of sp³-hybridized carbons (Fsp3) is 0.167. The van der Waals surface area contributed by atoms with Crippen molar-refractivity contribution in [2.24, 2.45) is 5.92 Å². The Balaban J connectivity index is 1.29. The molecule has 1 saturated carbocycles. The minimum atomic E-state index is -0.421. The van der Waals surface area contributed by atoms with Crippen molar-refractivity contribution in [2.75, 3.05) is 6.54 Å². The normalized spacial score (nSPS) is 13.2. The second kappa shape index (κ2) is 7.91. The third-order valence-corrected chi connectivity index (χ3v) is 5.00. The van der Waals surface area contributed by atoms with Crippen molar-refractivity contribution >= 4 is 17.1 Å². The molecule has 6 nitrogen and oxygen atoms in total. The maximum Gasteiger partial charge on any atom is 0.412 e. The first-order chi connectivity index (χ1) is 14.7. The highest BCUT2D eigenvalue weighted by atomic mass is 16.6. The molecule has 0 atom stereocenters. The molecule has 1 heterocycles. The van der Waals surface area contributed by atoms with Crippen LogP contribution in [0.1, 0.15) is 12.8 Å². The summed E-state index contributed by atoms with van der Waals surface area (Å²) in [7, 11) is 0. The first-order valence-electron chi connectivity index (χ1n) is 10.0. The average Bonchev–Trinajstić information content (AvgIpc) is 3.51. The molecule has 0 bridgehead atoms. The highest BCUT2D eigenvalue weighted by molar-refractivity contribution is 5.82. The molecule has 2 N–H and O–H groups in total. The summed E-state index contributed by atoms with van der Waals surface area (Å²) in [6.07, 6.45) is 1.94. The Kier molecular flexibility index (Phi) is 4.81. The molecule has 30 heavy (non-hydrogen) atoms. The van der Waals surface area contributed by atoms with Crippen molar-refractivity contribution in [2.45, 2.75) is 12.8 Å². The number of carbonyl (C=O) groups excluding carboxylic acids is 1. The van der Waals surface area contributed by atoms with Gasteiger partial charge in [0.25, 0.3) is 0 Å². The highest BCUT2D eigenvalue weighted by Crippen LogP contribution is 2.28. The van der Waals surface area contributed by atoms with Gasteiger partial charge in [0.15, 0.2) is 0 Å². The van der Waals surface area contributed by atoms with Crippen molar-refractivity contribution in [3.8, 4) is 28.6 Å². The molecule has 0 unspecified atom stereocenters. The number of hydrogen-bond acceptors (Lipinski definition) is 4. The summed E-state index contributed by atoms with van der Waals surface area (Å²) in [4.78, 5) is 19.8.